The quantitative estimate of drug-likeness (QED) is 0.682. The van der Waals surface area contributed by atoms with Crippen LogP contribution in [0.3, 0.4) is 0 Å². The van der Waals surface area contributed by atoms with Crippen LogP contribution in [0.4, 0.5) is 20.2 Å². The molecule has 0 spiro atoms. The first-order valence-electron chi connectivity index (χ1n) is 6.96. The van der Waals surface area contributed by atoms with E-state index < -0.39 is 22.2 Å². The lowest BCUT2D eigenvalue weighted by atomic mass is 10.0. The van der Waals surface area contributed by atoms with E-state index in [1.807, 2.05) is 0 Å². The van der Waals surface area contributed by atoms with Crippen LogP contribution < -0.4 is 5.32 Å². The zero-order valence-electron chi connectivity index (χ0n) is 10.7. The minimum Gasteiger partial charge on any atom is -0.376 e. The first-order chi connectivity index (χ1) is 9.56. The van der Waals surface area contributed by atoms with Gasteiger partial charge < -0.3 is 5.32 Å². The summed E-state index contributed by atoms with van der Waals surface area (Å²) < 4.78 is 26.9. The molecule has 4 unspecified atom stereocenters. The van der Waals surface area contributed by atoms with Gasteiger partial charge in [-0.3, -0.25) is 10.1 Å². The van der Waals surface area contributed by atoms with E-state index in [0.29, 0.717) is 29.7 Å². The number of nitro benzene ring substituents is 1. The summed E-state index contributed by atoms with van der Waals surface area (Å²) in [7, 11) is 0. The van der Waals surface area contributed by atoms with Crippen molar-refractivity contribution in [3.8, 4) is 0 Å². The second kappa shape index (κ2) is 3.90. The molecule has 3 aliphatic rings. The first-order valence-corrected chi connectivity index (χ1v) is 6.96. The summed E-state index contributed by atoms with van der Waals surface area (Å²) in [6.07, 6.45) is 3.71. The van der Waals surface area contributed by atoms with Crippen LogP contribution in [0.5, 0.6) is 0 Å². The molecule has 0 saturated heterocycles. The second-order valence-electron chi connectivity index (χ2n) is 6.20. The molecule has 6 heteroatoms. The SMILES string of the molecule is O=[N+]([O-])c1c(F)cc(F)cc1NC1C2C3CCC(C3)C12. The number of hydrogen-bond acceptors (Lipinski definition) is 3. The van der Waals surface area contributed by atoms with E-state index in [9.17, 15) is 18.9 Å². The predicted molar refractivity (Wildman–Crippen MR) is 68.2 cm³/mol. The van der Waals surface area contributed by atoms with Crippen molar-refractivity contribution >= 4 is 11.4 Å². The lowest BCUT2D eigenvalue weighted by Crippen LogP contribution is -2.14. The molecule has 0 radical (unpaired) electrons. The van der Waals surface area contributed by atoms with E-state index in [1.165, 1.54) is 19.3 Å². The molecule has 3 aliphatic carbocycles. The van der Waals surface area contributed by atoms with Crippen molar-refractivity contribution in [1.82, 2.24) is 0 Å². The van der Waals surface area contributed by atoms with Crippen molar-refractivity contribution in [2.24, 2.45) is 23.7 Å². The molecule has 1 aromatic carbocycles. The molecule has 0 aromatic heterocycles. The third-order valence-electron chi connectivity index (χ3n) is 5.27. The number of hydrogen-bond donors (Lipinski definition) is 1. The van der Waals surface area contributed by atoms with Crippen molar-refractivity contribution in [1.29, 1.82) is 0 Å². The lowest BCUT2D eigenvalue weighted by Gasteiger charge is -2.12. The Bertz CT molecular complexity index is 591. The Labute approximate surface area is 114 Å². The van der Waals surface area contributed by atoms with Gasteiger partial charge in [0.25, 0.3) is 0 Å². The normalized spacial score (nSPS) is 36.8. The van der Waals surface area contributed by atoms with Gasteiger partial charge in [-0.2, -0.15) is 4.39 Å². The van der Waals surface area contributed by atoms with Crippen LogP contribution in [0.2, 0.25) is 0 Å². The highest BCUT2D eigenvalue weighted by Gasteiger charge is 2.65. The highest BCUT2D eigenvalue weighted by Crippen LogP contribution is 2.66. The fourth-order valence-corrected chi connectivity index (χ4v) is 4.56. The number of nitrogens with zero attached hydrogens (tertiary/aromatic N) is 1. The van der Waals surface area contributed by atoms with Crippen LogP contribution in [0.25, 0.3) is 0 Å². The maximum absolute atomic E-state index is 13.6. The van der Waals surface area contributed by atoms with Crippen LogP contribution in [0, 0.1) is 45.4 Å². The van der Waals surface area contributed by atoms with Crippen LogP contribution >= 0.6 is 0 Å². The molecule has 4 nitrogen and oxygen atoms in total. The molecule has 0 amide bonds. The third-order valence-corrected chi connectivity index (χ3v) is 5.27. The number of fused-ring (bicyclic) bond motifs is 5. The summed E-state index contributed by atoms with van der Waals surface area (Å²) in [5.74, 6) is 0.565. The molecule has 106 valence electrons. The van der Waals surface area contributed by atoms with Gasteiger partial charge in [0.15, 0.2) is 0 Å². The number of anilines is 1. The Morgan fingerprint density at radius 1 is 1.20 bits per heavy atom. The van der Waals surface area contributed by atoms with Gasteiger partial charge in [-0.15, -0.1) is 0 Å². The summed E-state index contributed by atoms with van der Waals surface area (Å²) in [5.41, 5.74) is -0.671. The Kier molecular flexibility index (Phi) is 2.35. The van der Waals surface area contributed by atoms with Gasteiger partial charge in [0.1, 0.15) is 11.5 Å². The minimum absolute atomic E-state index is 0.0219. The summed E-state index contributed by atoms with van der Waals surface area (Å²) in [6, 6.07) is 1.74. The molecule has 1 N–H and O–H groups in total. The van der Waals surface area contributed by atoms with Gasteiger partial charge in [-0.1, -0.05) is 0 Å². The zero-order valence-corrected chi connectivity index (χ0v) is 10.7. The number of benzene rings is 1. The van der Waals surface area contributed by atoms with E-state index in [2.05, 4.69) is 5.32 Å². The summed E-state index contributed by atoms with van der Waals surface area (Å²) in [6.45, 7) is 0. The fraction of sp³-hybridized carbons (Fsp3) is 0.571. The average molecular weight is 280 g/mol. The molecular weight excluding hydrogens is 266 g/mol. The van der Waals surface area contributed by atoms with Crippen LogP contribution in [0.15, 0.2) is 12.1 Å². The minimum atomic E-state index is -1.12. The van der Waals surface area contributed by atoms with E-state index >= 15 is 0 Å². The van der Waals surface area contributed by atoms with E-state index in [1.54, 1.807) is 0 Å². The van der Waals surface area contributed by atoms with Gasteiger partial charge in [-0.05, 0) is 42.9 Å². The first kappa shape index (κ1) is 12.1. The molecule has 0 heterocycles. The van der Waals surface area contributed by atoms with E-state index in [4.69, 9.17) is 0 Å². The standard InChI is InChI=1S/C14H14F2N2O2/c15-8-4-9(16)14(18(19)20)10(5-8)17-13-11-6-1-2-7(3-6)12(11)13/h4-7,11-13,17H,1-3H2. The number of nitrogens with one attached hydrogen (secondary N) is 1. The summed E-state index contributed by atoms with van der Waals surface area (Å²) in [4.78, 5) is 10.2. The maximum Gasteiger partial charge on any atom is 0.327 e. The molecular formula is C14H14F2N2O2. The van der Waals surface area contributed by atoms with Crippen molar-refractivity contribution in [3.05, 3.63) is 33.9 Å². The molecule has 20 heavy (non-hydrogen) atoms. The highest BCUT2D eigenvalue weighted by atomic mass is 19.1. The van der Waals surface area contributed by atoms with Gasteiger partial charge in [0.2, 0.25) is 5.82 Å². The number of halogens is 2. The fourth-order valence-electron chi connectivity index (χ4n) is 4.56. The van der Waals surface area contributed by atoms with E-state index in [-0.39, 0.29) is 11.7 Å². The van der Waals surface area contributed by atoms with Gasteiger partial charge in [-0.25, -0.2) is 4.39 Å². The highest BCUT2D eigenvalue weighted by molar-refractivity contribution is 5.63. The van der Waals surface area contributed by atoms with Crippen molar-refractivity contribution < 1.29 is 13.7 Å². The zero-order chi connectivity index (χ0) is 14.0. The second-order valence-corrected chi connectivity index (χ2v) is 6.20. The Morgan fingerprint density at radius 3 is 2.45 bits per heavy atom. The smallest absolute Gasteiger partial charge is 0.327 e. The monoisotopic (exact) mass is 280 g/mol. The molecule has 3 fully saturated rings. The van der Waals surface area contributed by atoms with Crippen LogP contribution in [0.1, 0.15) is 19.3 Å². The average Bonchev–Trinajstić information content (AvgIpc) is 2.77. The lowest BCUT2D eigenvalue weighted by molar-refractivity contribution is -0.386. The van der Waals surface area contributed by atoms with Crippen molar-refractivity contribution in [2.45, 2.75) is 25.3 Å². The predicted octanol–water partition coefficient (Wildman–Crippen LogP) is 3.33. The van der Waals surface area contributed by atoms with Crippen molar-refractivity contribution in [2.75, 3.05) is 5.32 Å². The molecule has 1 aromatic rings. The van der Waals surface area contributed by atoms with Crippen LogP contribution in [-0.2, 0) is 0 Å². The molecule has 3 saturated carbocycles. The van der Waals surface area contributed by atoms with Crippen LogP contribution in [-0.4, -0.2) is 11.0 Å². The molecule has 2 bridgehead atoms. The molecule has 4 rings (SSSR count). The molecule has 4 atom stereocenters. The Morgan fingerprint density at radius 2 is 1.85 bits per heavy atom. The maximum atomic E-state index is 13.6. The van der Waals surface area contributed by atoms with Gasteiger partial charge in [0.05, 0.1) is 4.92 Å². The third kappa shape index (κ3) is 1.57. The Balaban J connectivity index is 1.62. The number of nitro groups is 1. The van der Waals surface area contributed by atoms with Gasteiger partial charge >= 0.3 is 5.69 Å². The number of rotatable bonds is 3. The van der Waals surface area contributed by atoms with E-state index in [0.717, 1.165) is 6.07 Å². The summed E-state index contributed by atoms with van der Waals surface area (Å²) >= 11 is 0. The summed E-state index contributed by atoms with van der Waals surface area (Å²) in [5, 5.41) is 14.0. The topological polar surface area (TPSA) is 55.2 Å². The largest absolute Gasteiger partial charge is 0.376 e. The van der Waals surface area contributed by atoms with Gasteiger partial charge in [0, 0.05) is 18.2 Å². The van der Waals surface area contributed by atoms with Crippen molar-refractivity contribution in [3.63, 3.8) is 0 Å². The Hall–Kier alpha value is -1.72. The molecule has 0 aliphatic heterocycles.